The van der Waals surface area contributed by atoms with E-state index in [0.717, 1.165) is 48.5 Å². The molecular formula is C21H10Cl2F3N3O6. The number of nitrogens with zero attached hydrogens (tertiary/aromatic N) is 3. The van der Waals surface area contributed by atoms with Gasteiger partial charge in [-0.3, -0.25) is 29.8 Å². The summed E-state index contributed by atoms with van der Waals surface area (Å²) >= 11 is 11.7. The van der Waals surface area contributed by atoms with Crippen molar-refractivity contribution in [2.75, 3.05) is 4.90 Å². The first-order valence-corrected chi connectivity index (χ1v) is 10.0. The lowest BCUT2D eigenvalue weighted by Gasteiger charge is -2.22. The van der Waals surface area contributed by atoms with Gasteiger partial charge < -0.3 is 0 Å². The number of nitro groups is 2. The Kier molecular flexibility index (Phi) is 7.08. The first-order valence-electron chi connectivity index (χ1n) is 9.25. The monoisotopic (exact) mass is 527 g/mol. The van der Waals surface area contributed by atoms with Crippen LogP contribution < -0.4 is 4.90 Å². The average molecular weight is 528 g/mol. The van der Waals surface area contributed by atoms with E-state index in [1.54, 1.807) is 0 Å². The lowest BCUT2D eigenvalue weighted by molar-refractivity contribution is -0.385. The molecule has 0 aliphatic carbocycles. The van der Waals surface area contributed by atoms with Crippen LogP contribution in [0.3, 0.4) is 0 Å². The molecule has 0 bridgehead atoms. The Morgan fingerprint density at radius 1 is 0.771 bits per heavy atom. The number of halogens is 5. The third-order valence-corrected chi connectivity index (χ3v) is 5.08. The summed E-state index contributed by atoms with van der Waals surface area (Å²) in [4.78, 5) is 48.0. The minimum atomic E-state index is -4.88. The normalized spacial score (nSPS) is 11.1. The molecule has 0 N–H and O–H groups in total. The Bertz CT molecular complexity index is 1310. The zero-order valence-electron chi connectivity index (χ0n) is 17.0. The van der Waals surface area contributed by atoms with Gasteiger partial charge in [0.2, 0.25) is 0 Å². The lowest BCUT2D eigenvalue weighted by Crippen LogP contribution is -2.38. The highest BCUT2D eigenvalue weighted by Crippen LogP contribution is 2.35. The van der Waals surface area contributed by atoms with E-state index in [-0.39, 0.29) is 14.9 Å². The first kappa shape index (κ1) is 25.6. The molecule has 0 saturated heterocycles. The highest BCUT2D eigenvalue weighted by atomic mass is 35.5. The molecule has 0 atom stereocenters. The molecule has 0 unspecified atom stereocenters. The molecule has 0 fully saturated rings. The Hall–Kier alpha value is -4.03. The zero-order valence-corrected chi connectivity index (χ0v) is 18.5. The second-order valence-electron chi connectivity index (χ2n) is 6.83. The molecule has 3 aromatic carbocycles. The first-order chi connectivity index (χ1) is 16.3. The quantitative estimate of drug-likeness (QED) is 0.217. The molecule has 0 heterocycles. The van der Waals surface area contributed by atoms with Gasteiger partial charge in [0, 0.05) is 22.2 Å². The van der Waals surface area contributed by atoms with Gasteiger partial charge in [0.1, 0.15) is 11.1 Å². The summed E-state index contributed by atoms with van der Waals surface area (Å²) in [6, 6.07) is 8.58. The van der Waals surface area contributed by atoms with Gasteiger partial charge in [-0.15, -0.1) is 0 Å². The number of carbonyl (C=O) groups excluding carboxylic acids is 2. The topological polar surface area (TPSA) is 124 Å². The van der Waals surface area contributed by atoms with Gasteiger partial charge in [0.05, 0.1) is 21.1 Å². The predicted octanol–water partition coefficient (Wildman–Crippen LogP) is 6.32. The van der Waals surface area contributed by atoms with Gasteiger partial charge in [-0.1, -0.05) is 29.3 Å². The molecule has 0 spiro atoms. The summed E-state index contributed by atoms with van der Waals surface area (Å²) in [5.74, 6) is -2.89. The zero-order chi connectivity index (χ0) is 26.1. The van der Waals surface area contributed by atoms with E-state index in [4.69, 9.17) is 23.2 Å². The Morgan fingerprint density at radius 3 is 1.63 bits per heavy atom. The van der Waals surface area contributed by atoms with Crippen molar-refractivity contribution < 1.29 is 32.6 Å². The van der Waals surface area contributed by atoms with E-state index in [1.165, 1.54) is 0 Å². The van der Waals surface area contributed by atoms with E-state index in [0.29, 0.717) is 12.1 Å². The maximum Gasteiger partial charge on any atom is 0.416 e. The predicted molar refractivity (Wildman–Crippen MR) is 119 cm³/mol. The van der Waals surface area contributed by atoms with Crippen LogP contribution in [0.15, 0.2) is 60.7 Å². The Balaban J connectivity index is 2.30. The van der Waals surface area contributed by atoms with E-state index in [9.17, 15) is 43.0 Å². The van der Waals surface area contributed by atoms with Crippen LogP contribution in [0.5, 0.6) is 0 Å². The summed E-state index contributed by atoms with van der Waals surface area (Å²) in [5.41, 5.74) is -4.98. The van der Waals surface area contributed by atoms with Crippen molar-refractivity contribution >= 4 is 52.1 Å². The second-order valence-corrected chi connectivity index (χ2v) is 7.70. The number of anilines is 1. The fourth-order valence-corrected chi connectivity index (χ4v) is 3.41. The van der Waals surface area contributed by atoms with E-state index < -0.39 is 61.6 Å². The van der Waals surface area contributed by atoms with E-state index >= 15 is 0 Å². The van der Waals surface area contributed by atoms with Crippen LogP contribution >= 0.6 is 23.2 Å². The number of benzene rings is 3. The minimum absolute atomic E-state index is 0.149. The number of hydrogen-bond acceptors (Lipinski definition) is 6. The van der Waals surface area contributed by atoms with Crippen molar-refractivity contribution in [1.82, 2.24) is 0 Å². The standard InChI is InChI=1S/C21H10Cl2F3N3O6/c22-12-4-6-17(28(32)33)15(9-12)19(30)27(14-3-1-2-11(8-14)21(24,25)26)20(31)16-10-13(23)5-7-18(16)29(34)35/h1-10H. The Morgan fingerprint density at radius 2 is 1.23 bits per heavy atom. The van der Waals surface area contributed by atoms with Crippen LogP contribution in [0.2, 0.25) is 10.0 Å². The van der Waals surface area contributed by atoms with Gasteiger partial charge in [-0.05, 0) is 42.5 Å². The Labute approximate surface area is 203 Å². The molecule has 3 aromatic rings. The van der Waals surface area contributed by atoms with Crippen LogP contribution in [-0.2, 0) is 6.18 Å². The van der Waals surface area contributed by atoms with Gasteiger partial charge in [0.25, 0.3) is 23.2 Å². The van der Waals surface area contributed by atoms with Crippen molar-refractivity contribution in [2.24, 2.45) is 0 Å². The van der Waals surface area contributed by atoms with Crippen LogP contribution in [-0.4, -0.2) is 21.7 Å². The highest BCUT2D eigenvalue weighted by molar-refractivity contribution is 6.33. The number of carbonyl (C=O) groups is 2. The number of imide groups is 1. The number of rotatable bonds is 5. The maximum absolute atomic E-state index is 13.4. The smallest absolute Gasteiger partial charge is 0.268 e. The molecule has 180 valence electrons. The molecule has 9 nitrogen and oxygen atoms in total. The van der Waals surface area contributed by atoms with Crippen LogP contribution in [0, 0.1) is 20.2 Å². The van der Waals surface area contributed by atoms with Crippen molar-refractivity contribution in [1.29, 1.82) is 0 Å². The van der Waals surface area contributed by atoms with E-state index in [2.05, 4.69) is 0 Å². The molecule has 2 amide bonds. The van der Waals surface area contributed by atoms with Crippen molar-refractivity contribution in [3.05, 3.63) is 108 Å². The van der Waals surface area contributed by atoms with Crippen LogP contribution in [0.4, 0.5) is 30.2 Å². The molecule has 14 heteroatoms. The third-order valence-electron chi connectivity index (χ3n) is 4.61. The second kappa shape index (κ2) is 9.68. The van der Waals surface area contributed by atoms with Crippen LogP contribution in [0.1, 0.15) is 26.3 Å². The number of amides is 2. The van der Waals surface area contributed by atoms with Crippen molar-refractivity contribution in [3.63, 3.8) is 0 Å². The van der Waals surface area contributed by atoms with E-state index in [1.807, 2.05) is 0 Å². The molecule has 0 aliphatic heterocycles. The SMILES string of the molecule is O=C(c1cc(Cl)ccc1[N+](=O)[O-])N(C(=O)c1cc(Cl)ccc1[N+](=O)[O-])c1cccc(C(F)(F)F)c1. The molecule has 3 rings (SSSR count). The largest absolute Gasteiger partial charge is 0.416 e. The lowest BCUT2D eigenvalue weighted by atomic mass is 10.1. The fourth-order valence-electron chi connectivity index (χ4n) is 3.07. The van der Waals surface area contributed by atoms with Gasteiger partial charge >= 0.3 is 6.18 Å². The molecule has 0 aliphatic rings. The van der Waals surface area contributed by atoms with Crippen molar-refractivity contribution in [3.8, 4) is 0 Å². The average Bonchev–Trinajstić information content (AvgIpc) is 2.78. The summed E-state index contributed by atoms with van der Waals surface area (Å²) in [6.45, 7) is 0. The van der Waals surface area contributed by atoms with Crippen molar-refractivity contribution in [2.45, 2.75) is 6.18 Å². The van der Waals surface area contributed by atoms with Gasteiger partial charge in [-0.2, -0.15) is 13.2 Å². The highest BCUT2D eigenvalue weighted by Gasteiger charge is 2.36. The molecule has 0 aromatic heterocycles. The number of alkyl halides is 3. The minimum Gasteiger partial charge on any atom is -0.268 e. The third kappa shape index (κ3) is 5.39. The number of nitro benzene ring substituents is 2. The molecule has 0 saturated carbocycles. The van der Waals surface area contributed by atoms with Gasteiger partial charge in [-0.25, -0.2) is 4.90 Å². The number of hydrogen-bond donors (Lipinski definition) is 0. The van der Waals surface area contributed by atoms with Gasteiger partial charge in [0.15, 0.2) is 0 Å². The summed E-state index contributed by atoms with van der Waals surface area (Å²) < 4.78 is 40.0. The van der Waals surface area contributed by atoms with Crippen LogP contribution in [0.25, 0.3) is 0 Å². The summed E-state index contributed by atoms with van der Waals surface area (Å²) in [6.07, 6.45) is -4.88. The molecule has 35 heavy (non-hydrogen) atoms. The fraction of sp³-hybridized carbons (Fsp3) is 0.0476. The summed E-state index contributed by atoms with van der Waals surface area (Å²) in [7, 11) is 0. The molecule has 0 radical (unpaired) electrons. The maximum atomic E-state index is 13.4. The molecular weight excluding hydrogens is 518 g/mol. The summed E-state index contributed by atoms with van der Waals surface area (Å²) in [5, 5.41) is 22.6.